The van der Waals surface area contributed by atoms with Crippen LogP contribution in [0.2, 0.25) is 0 Å². The second kappa shape index (κ2) is 33.6. The number of carboxylic acids is 1. The zero-order valence-electron chi connectivity index (χ0n) is 27.6. The average Bonchev–Trinajstić information content (AvgIpc) is 3.01. The molecule has 3 N–H and O–H groups in total. The van der Waals surface area contributed by atoms with E-state index in [1.54, 1.807) is 7.05 Å². The molecule has 0 saturated carbocycles. The number of hydrogen-bond acceptors (Lipinski definition) is 13. The predicted octanol–water partition coefficient (Wildman–Crippen LogP) is 0.320. The highest BCUT2D eigenvalue weighted by Gasteiger charge is 2.20. The molecule has 1 amide bonds. The number of rotatable bonds is 36. The van der Waals surface area contributed by atoms with Gasteiger partial charge in [0.1, 0.15) is 0 Å². The van der Waals surface area contributed by atoms with Crippen LogP contribution in [0.3, 0.4) is 0 Å². The molecule has 0 bridgehead atoms. The van der Waals surface area contributed by atoms with Crippen molar-refractivity contribution in [2.24, 2.45) is 5.92 Å². The van der Waals surface area contributed by atoms with Gasteiger partial charge in [0.2, 0.25) is 5.91 Å². The van der Waals surface area contributed by atoms with Crippen molar-refractivity contribution >= 4 is 17.7 Å². The molecule has 0 saturated heterocycles. The smallest absolute Gasteiger partial charge is 0.305 e. The maximum Gasteiger partial charge on any atom is 0.305 e. The molecular weight excluding hydrogens is 596 g/mol. The summed E-state index contributed by atoms with van der Waals surface area (Å²) in [5, 5.41) is 14.3. The van der Waals surface area contributed by atoms with Crippen LogP contribution in [0.25, 0.3) is 0 Å². The summed E-state index contributed by atoms with van der Waals surface area (Å²) in [5.41, 5.74) is 0. The Morgan fingerprint density at radius 1 is 0.533 bits per heavy atom. The quantitative estimate of drug-likeness (QED) is 0.0787. The average molecular weight is 655 g/mol. The van der Waals surface area contributed by atoms with Gasteiger partial charge in [-0.3, -0.25) is 14.4 Å². The lowest BCUT2D eigenvalue weighted by atomic mass is 9.98. The van der Waals surface area contributed by atoms with Crippen LogP contribution in [-0.4, -0.2) is 161 Å². The molecule has 0 aliphatic heterocycles. The van der Waals surface area contributed by atoms with E-state index in [1.807, 2.05) is 13.8 Å². The van der Waals surface area contributed by atoms with Gasteiger partial charge in [0.25, 0.3) is 0 Å². The first kappa shape index (κ1) is 43.2. The van der Waals surface area contributed by atoms with Crippen LogP contribution in [0.4, 0.5) is 0 Å². The lowest BCUT2D eigenvalue weighted by molar-refractivity contribution is -0.138. The molecule has 266 valence electrons. The first-order chi connectivity index (χ1) is 21.9. The summed E-state index contributed by atoms with van der Waals surface area (Å²) in [6, 6.07) is -0.298. The number of aliphatic carboxylic acids is 1. The summed E-state index contributed by atoms with van der Waals surface area (Å²) in [4.78, 5) is 34.3. The van der Waals surface area contributed by atoms with Gasteiger partial charge in [-0.25, -0.2) is 0 Å². The van der Waals surface area contributed by atoms with Gasteiger partial charge in [0, 0.05) is 18.9 Å². The molecule has 0 aromatic carbocycles. The van der Waals surface area contributed by atoms with Crippen molar-refractivity contribution < 1.29 is 62.1 Å². The summed E-state index contributed by atoms with van der Waals surface area (Å²) < 4.78 is 48.5. The van der Waals surface area contributed by atoms with E-state index in [2.05, 4.69) is 10.6 Å². The van der Waals surface area contributed by atoms with Gasteiger partial charge in [-0.2, -0.15) is 0 Å². The van der Waals surface area contributed by atoms with Gasteiger partial charge in [0.05, 0.1) is 131 Å². The fraction of sp³-hybridized carbons (Fsp3) is 0.900. The predicted molar refractivity (Wildman–Crippen MR) is 165 cm³/mol. The lowest BCUT2D eigenvalue weighted by Gasteiger charge is -2.16. The Labute approximate surface area is 268 Å². The second-order valence-corrected chi connectivity index (χ2v) is 9.94. The van der Waals surface area contributed by atoms with Gasteiger partial charge in [-0.1, -0.05) is 13.8 Å². The first-order valence-electron chi connectivity index (χ1n) is 15.8. The molecule has 0 heterocycles. The number of carboxylic acid groups (broad SMARTS) is 1. The molecule has 0 fully saturated rings. The highest BCUT2D eigenvalue weighted by Crippen LogP contribution is 2.05. The highest BCUT2D eigenvalue weighted by molar-refractivity contribution is 5.86. The number of nitrogens with one attached hydrogen (secondary N) is 2. The van der Waals surface area contributed by atoms with Gasteiger partial charge in [0.15, 0.2) is 5.78 Å². The summed E-state index contributed by atoms with van der Waals surface area (Å²) in [7, 11) is 1.73. The number of likely N-dealkylation sites (N-methyl/N-ethyl adjacent to an activating group) is 1. The zero-order chi connectivity index (χ0) is 33.2. The molecule has 15 nitrogen and oxygen atoms in total. The Morgan fingerprint density at radius 3 is 1.18 bits per heavy atom. The van der Waals surface area contributed by atoms with Crippen molar-refractivity contribution in [3.63, 3.8) is 0 Å². The summed E-state index contributed by atoms with van der Waals surface area (Å²) >= 11 is 0. The third-order valence-corrected chi connectivity index (χ3v) is 5.93. The fourth-order valence-electron chi connectivity index (χ4n) is 3.48. The fourth-order valence-corrected chi connectivity index (χ4v) is 3.48. The van der Waals surface area contributed by atoms with Crippen molar-refractivity contribution in [3.05, 3.63) is 0 Å². The number of Topliss-reactive ketones (excluding diaryl/α,β-unsaturated/α-hetero) is 1. The second-order valence-electron chi connectivity index (χ2n) is 9.94. The number of ketones is 1. The van der Waals surface area contributed by atoms with Crippen LogP contribution in [0.1, 0.15) is 33.1 Å². The molecule has 15 heteroatoms. The number of ether oxygens (including phenoxy) is 9. The van der Waals surface area contributed by atoms with Gasteiger partial charge < -0.3 is 58.4 Å². The summed E-state index contributed by atoms with van der Waals surface area (Å²) in [6.07, 6.45) is 0.758. The van der Waals surface area contributed by atoms with E-state index in [4.69, 9.17) is 47.7 Å². The molecule has 1 atom stereocenters. The maximum absolute atomic E-state index is 12.0. The van der Waals surface area contributed by atoms with E-state index in [0.29, 0.717) is 125 Å². The summed E-state index contributed by atoms with van der Waals surface area (Å²) in [6.45, 7) is 11.9. The largest absolute Gasteiger partial charge is 0.481 e. The van der Waals surface area contributed by atoms with E-state index in [0.717, 1.165) is 0 Å². The molecule has 0 unspecified atom stereocenters. The van der Waals surface area contributed by atoms with Crippen molar-refractivity contribution in [3.8, 4) is 0 Å². The number of hydrogen-bond donors (Lipinski definition) is 3. The number of amides is 1. The minimum atomic E-state index is -0.879. The van der Waals surface area contributed by atoms with Crippen molar-refractivity contribution in [1.82, 2.24) is 10.6 Å². The molecule has 0 radical (unpaired) electrons. The lowest BCUT2D eigenvalue weighted by Crippen LogP contribution is -2.38. The molecule has 0 aromatic heterocycles. The Balaban J connectivity index is 3.22. The normalized spacial score (nSPS) is 12.1. The van der Waals surface area contributed by atoms with Crippen LogP contribution >= 0.6 is 0 Å². The van der Waals surface area contributed by atoms with Gasteiger partial charge in [-0.05, 0) is 13.5 Å². The van der Waals surface area contributed by atoms with Crippen LogP contribution in [0.5, 0.6) is 0 Å². The molecule has 0 aliphatic rings. The third kappa shape index (κ3) is 32.0. The number of carbonyl (C=O) groups is 3. The van der Waals surface area contributed by atoms with E-state index in [-0.39, 0.29) is 43.1 Å². The van der Waals surface area contributed by atoms with E-state index >= 15 is 0 Å². The third-order valence-electron chi connectivity index (χ3n) is 5.93. The van der Waals surface area contributed by atoms with Crippen LogP contribution in [-0.2, 0) is 57.0 Å². The highest BCUT2D eigenvalue weighted by atomic mass is 16.6. The van der Waals surface area contributed by atoms with Crippen LogP contribution in [0.15, 0.2) is 0 Å². The Kier molecular flexibility index (Phi) is 32.2. The first-order valence-corrected chi connectivity index (χ1v) is 15.8. The van der Waals surface area contributed by atoms with Crippen molar-refractivity contribution in [1.29, 1.82) is 0 Å². The Bertz CT molecular complexity index is 701. The minimum absolute atomic E-state index is 0.00764. The summed E-state index contributed by atoms with van der Waals surface area (Å²) in [5.74, 6) is -0.922. The van der Waals surface area contributed by atoms with Gasteiger partial charge in [-0.15, -0.1) is 0 Å². The Hall–Kier alpha value is -1.79. The maximum atomic E-state index is 12.0. The van der Waals surface area contributed by atoms with Gasteiger partial charge >= 0.3 is 5.97 Å². The molecule has 0 aromatic rings. The van der Waals surface area contributed by atoms with Crippen molar-refractivity contribution in [2.75, 3.05) is 133 Å². The molecule has 0 aliphatic carbocycles. The van der Waals surface area contributed by atoms with E-state index < -0.39 is 5.97 Å². The molecule has 0 spiro atoms. The van der Waals surface area contributed by atoms with E-state index in [1.165, 1.54) is 0 Å². The SMILES string of the molecule is CN[C@@H](CCC(=O)NCCOCCOCCOCCOCCOCCOCCOCCOCCOCCC(=O)O)C(=O)C(C)C. The van der Waals surface area contributed by atoms with E-state index in [9.17, 15) is 14.4 Å². The topological polar surface area (TPSA) is 179 Å². The number of carbonyl (C=O) groups excluding carboxylic acids is 2. The van der Waals surface area contributed by atoms with Crippen LogP contribution < -0.4 is 10.6 Å². The zero-order valence-corrected chi connectivity index (χ0v) is 27.6. The molecule has 45 heavy (non-hydrogen) atoms. The molecular formula is C30H58N2O13. The Morgan fingerprint density at radius 2 is 0.867 bits per heavy atom. The van der Waals surface area contributed by atoms with Crippen LogP contribution in [0, 0.1) is 5.92 Å². The monoisotopic (exact) mass is 654 g/mol. The molecule has 0 rings (SSSR count). The van der Waals surface area contributed by atoms with Crippen molar-refractivity contribution in [2.45, 2.75) is 39.2 Å². The minimum Gasteiger partial charge on any atom is -0.481 e. The standard InChI is InChI=1S/C30H58N2O13/c1-26(2)30(36)27(31-3)4-5-28(33)32-7-9-38-11-13-40-15-17-42-19-21-44-23-25-45-24-22-43-20-18-41-16-14-39-12-10-37-8-6-29(34)35/h26-27,31H,4-25H2,1-3H3,(H,32,33)(H,34,35)/t27-/m0/s1.